The van der Waals surface area contributed by atoms with E-state index in [9.17, 15) is 4.79 Å². The summed E-state index contributed by atoms with van der Waals surface area (Å²) in [5.41, 5.74) is 4.37. The maximum absolute atomic E-state index is 13.0. The van der Waals surface area contributed by atoms with E-state index in [2.05, 4.69) is 5.10 Å². The zero-order valence-corrected chi connectivity index (χ0v) is 17.4. The van der Waals surface area contributed by atoms with Gasteiger partial charge < -0.3 is 9.80 Å². The van der Waals surface area contributed by atoms with Gasteiger partial charge in [-0.2, -0.15) is 5.10 Å². The molecule has 0 fully saturated rings. The average Bonchev–Trinajstić information content (AvgIpc) is 2.95. The molecule has 0 spiro atoms. The van der Waals surface area contributed by atoms with Crippen LogP contribution >= 0.6 is 11.6 Å². The SMILES string of the molecule is Cc1nn(Cc2ccccc2)c(Cl)c1C(=O)N(C)Cc1ccc(N(C)C)cc1. The highest BCUT2D eigenvalue weighted by Gasteiger charge is 2.23. The van der Waals surface area contributed by atoms with Gasteiger partial charge in [-0.1, -0.05) is 54.1 Å². The van der Waals surface area contributed by atoms with Gasteiger partial charge in [0, 0.05) is 33.4 Å². The first-order chi connectivity index (χ1) is 13.4. The summed E-state index contributed by atoms with van der Waals surface area (Å²) >= 11 is 6.52. The van der Waals surface area contributed by atoms with Gasteiger partial charge in [0.25, 0.3) is 5.91 Å². The zero-order valence-electron chi connectivity index (χ0n) is 16.7. The molecule has 3 rings (SSSR count). The Morgan fingerprint density at radius 1 is 1.00 bits per heavy atom. The van der Waals surface area contributed by atoms with E-state index in [4.69, 9.17) is 11.6 Å². The Labute approximate surface area is 171 Å². The summed E-state index contributed by atoms with van der Waals surface area (Å²) in [7, 11) is 5.79. The molecule has 0 aliphatic heterocycles. The minimum atomic E-state index is -0.126. The summed E-state index contributed by atoms with van der Waals surface area (Å²) in [5, 5.41) is 4.85. The van der Waals surface area contributed by atoms with Crippen molar-refractivity contribution in [1.82, 2.24) is 14.7 Å². The highest BCUT2D eigenvalue weighted by molar-refractivity contribution is 6.33. The molecule has 5 nitrogen and oxygen atoms in total. The molecule has 1 amide bonds. The summed E-state index contributed by atoms with van der Waals surface area (Å²) in [5.74, 6) is -0.126. The highest BCUT2D eigenvalue weighted by atomic mass is 35.5. The summed E-state index contributed by atoms with van der Waals surface area (Å²) in [4.78, 5) is 16.7. The lowest BCUT2D eigenvalue weighted by molar-refractivity contribution is 0.0784. The van der Waals surface area contributed by atoms with Gasteiger partial charge in [-0.25, -0.2) is 4.68 Å². The number of anilines is 1. The van der Waals surface area contributed by atoms with E-state index in [-0.39, 0.29) is 5.91 Å². The lowest BCUT2D eigenvalue weighted by Gasteiger charge is -2.18. The Morgan fingerprint density at radius 2 is 1.64 bits per heavy atom. The molecule has 28 heavy (non-hydrogen) atoms. The van der Waals surface area contributed by atoms with Crippen LogP contribution in [0.25, 0.3) is 0 Å². The van der Waals surface area contributed by atoms with Crippen molar-refractivity contribution in [2.45, 2.75) is 20.0 Å². The molecule has 0 radical (unpaired) electrons. The lowest BCUT2D eigenvalue weighted by atomic mass is 10.1. The normalized spacial score (nSPS) is 10.8. The zero-order chi connectivity index (χ0) is 20.3. The Balaban J connectivity index is 1.76. The van der Waals surface area contributed by atoms with E-state index in [1.54, 1.807) is 16.6 Å². The number of benzene rings is 2. The predicted molar refractivity (Wildman–Crippen MR) is 114 cm³/mol. The number of halogens is 1. The second-order valence-corrected chi connectivity index (χ2v) is 7.47. The van der Waals surface area contributed by atoms with Crippen molar-refractivity contribution in [3.8, 4) is 0 Å². The van der Waals surface area contributed by atoms with Gasteiger partial charge in [0.2, 0.25) is 0 Å². The third-order valence-electron chi connectivity index (χ3n) is 4.67. The lowest BCUT2D eigenvalue weighted by Crippen LogP contribution is -2.26. The fourth-order valence-electron chi connectivity index (χ4n) is 3.09. The van der Waals surface area contributed by atoms with E-state index in [1.807, 2.05) is 80.5 Å². The predicted octanol–water partition coefficient (Wildman–Crippen LogP) is 4.23. The van der Waals surface area contributed by atoms with Crippen LogP contribution in [0.15, 0.2) is 54.6 Å². The third-order valence-corrected chi connectivity index (χ3v) is 5.06. The van der Waals surface area contributed by atoms with Crippen molar-refractivity contribution in [1.29, 1.82) is 0 Å². The molecule has 0 N–H and O–H groups in total. The van der Waals surface area contributed by atoms with Crippen LogP contribution in [0.4, 0.5) is 5.69 Å². The summed E-state index contributed by atoms with van der Waals surface area (Å²) < 4.78 is 1.68. The third kappa shape index (κ3) is 4.37. The number of carbonyl (C=O) groups is 1. The molecule has 1 heterocycles. The summed E-state index contributed by atoms with van der Waals surface area (Å²) in [6, 6.07) is 18.1. The molecule has 0 unspecified atom stereocenters. The smallest absolute Gasteiger partial charge is 0.258 e. The van der Waals surface area contributed by atoms with E-state index < -0.39 is 0 Å². The molecular weight excluding hydrogens is 372 g/mol. The number of hydrogen-bond donors (Lipinski definition) is 0. The van der Waals surface area contributed by atoms with Gasteiger partial charge in [0.1, 0.15) is 5.15 Å². The standard InChI is InChI=1S/C22H25ClN4O/c1-16-20(21(23)27(24-16)15-17-8-6-5-7-9-17)22(28)26(4)14-18-10-12-19(13-11-18)25(2)3/h5-13H,14-15H2,1-4H3. The molecule has 0 atom stereocenters. The molecule has 2 aromatic carbocycles. The molecule has 146 valence electrons. The number of hydrogen-bond acceptors (Lipinski definition) is 3. The van der Waals surface area contributed by atoms with Crippen LogP contribution < -0.4 is 4.90 Å². The molecule has 0 aliphatic rings. The van der Waals surface area contributed by atoms with E-state index in [1.165, 1.54) is 0 Å². The van der Waals surface area contributed by atoms with Crippen molar-refractivity contribution < 1.29 is 4.79 Å². The first kappa shape index (κ1) is 20.0. The minimum absolute atomic E-state index is 0.126. The maximum atomic E-state index is 13.0. The van der Waals surface area contributed by atoms with Crippen molar-refractivity contribution in [2.24, 2.45) is 0 Å². The summed E-state index contributed by atoms with van der Waals surface area (Å²) in [6.07, 6.45) is 0. The number of amides is 1. The molecular formula is C22H25ClN4O. The van der Waals surface area contributed by atoms with Gasteiger partial charge >= 0.3 is 0 Å². The van der Waals surface area contributed by atoms with Crippen LogP contribution in [0.2, 0.25) is 5.15 Å². The maximum Gasteiger partial charge on any atom is 0.258 e. The van der Waals surface area contributed by atoms with E-state index in [0.29, 0.717) is 29.5 Å². The molecule has 3 aromatic rings. The second-order valence-electron chi connectivity index (χ2n) is 7.12. The quantitative estimate of drug-likeness (QED) is 0.626. The molecule has 0 bridgehead atoms. The molecule has 6 heteroatoms. The minimum Gasteiger partial charge on any atom is -0.378 e. The molecule has 0 saturated heterocycles. The molecule has 1 aromatic heterocycles. The number of rotatable bonds is 6. The summed E-state index contributed by atoms with van der Waals surface area (Å²) in [6.45, 7) is 2.86. The Kier molecular flexibility index (Phi) is 6.05. The van der Waals surface area contributed by atoms with Gasteiger partial charge in [0.05, 0.1) is 17.8 Å². The van der Waals surface area contributed by atoms with E-state index >= 15 is 0 Å². The Bertz CT molecular complexity index is 949. The Morgan fingerprint density at radius 3 is 2.25 bits per heavy atom. The van der Waals surface area contributed by atoms with Crippen molar-refractivity contribution in [3.63, 3.8) is 0 Å². The topological polar surface area (TPSA) is 41.4 Å². The fourth-order valence-corrected chi connectivity index (χ4v) is 3.41. The van der Waals surface area contributed by atoms with E-state index in [0.717, 1.165) is 16.8 Å². The van der Waals surface area contributed by atoms with Crippen LogP contribution in [0.1, 0.15) is 27.2 Å². The van der Waals surface area contributed by atoms with Crippen molar-refractivity contribution >= 4 is 23.2 Å². The van der Waals surface area contributed by atoms with Gasteiger partial charge in [0.15, 0.2) is 0 Å². The highest BCUT2D eigenvalue weighted by Crippen LogP contribution is 2.23. The van der Waals surface area contributed by atoms with Crippen LogP contribution in [0.5, 0.6) is 0 Å². The molecule has 0 aliphatic carbocycles. The number of carbonyl (C=O) groups excluding carboxylic acids is 1. The number of aromatic nitrogens is 2. The second kappa shape index (κ2) is 8.48. The number of nitrogens with zero attached hydrogens (tertiary/aromatic N) is 4. The van der Waals surface area contributed by atoms with Crippen LogP contribution in [0, 0.1) is 6.92 Å². The van der Waals surface area contributed by atoms with Gasteiger partial charge in [-0.05, 0) is 30.2 Å². The monoisotopic (exact) mass is 396 g/mol. The largest absolute Gasteiger partial charge is 0.378 e. The van der Waals surface area contributed by atoms with Crippen molar-refractivity contribution in [3.05, 3.63) is 82.1 Å². The van der Waals surface area contributed by atoms with Gasteiger partial charge in [-0.3, -0.25) is 4.79 Å². The van der Waals surface area contributed by atoms with Crippen LogP contribution in [0.3, 0.4) is 0 Å². The first-order valence-electron chi connectivity index (χ1n) is 9.15. The molecule has 0 saturated carbocycles. The fraction of sp³-hybridized carbons (Fsp3) is 0.273. The van der Waals surface area contributed by atoms with Gasteiger partial charge in [-0.15, -0.1) is 0 Å². The van der Waals surface area contributed by atoms with Crippen molar-refractivity contribution in [2.75, 3.05) is 26.0 Å². The number of aryl methyl sites for hydroxylation is 1. The average molecular weight is 397 g/mol. The first-order valence-corrected chi connectivity index (χ1v) is 9.53. The van der Waals surface area contributed by atoms with Crippen LogP contribution in [-0.4, -0.2) is 41.7 Å². The van der Waals surface area contributed by atoms with Crippen LogP contribution in [-0.2, 0) is 13.1 Å². The Hall–Kier alpha value is -2.79.